The first-order valence-corrected chi connectivity index (χ1v) is 9.29. The first-order chi connectivity index (χ1) is 12.9. The van der Waals surface area contributed by atoms with Crippen LogP contribution in [-0.4, -0.2) is 41.5 Å². The van der Waals surface area contributed by atoms with Gasteiger partial charge >= 0.3 is 6.01 Å². The minimum Gasteiger partial charge on any atom is -0.497 e. The van der Waals surface area contributed by atoms with Crippen LogP contribution in [0, 0.1) is 0 Å². The van der Waals surface area contributed by atoms with Crippen LogP contribution in [0.1, 0.15) is 0 Å². The summed E-state index contributed by atoms with van der Waals surface area (Å²) in [6.07, 6.45) is 1.58. The van der Waals surface area contributed by atoms with Crippen molar-refractivity contribution < 1.29 is 22.4 Å². The number of methoxy groups -OCH3 is 1. The Balaban J connectivity index is 2.06. The Morgan fingerprint density at radius 3 is 2.37 bits per heavy atom. The SMILES string of the molecule is C=CCOc1nc(-c2ccc(OC)cc2)n(-c2ccc(S(=O)(=O)O)cc2)n1. The largest absolute Gasteiger partial charge is 0.497 e. The average molecular weight is 387 g/mol. The number of nitrogens with zero attached hydrogens (tertiary/aromatic N) is 3. The van der Waals surface area contributed by atoms with Crippen LogP contribution in [-0.2, 0) is 10.1 Å². The quantitative estimate of drug-likeness (QED) is 0.491. The highest BCUT2D eigenvalue weighted by Gasteiger charge is 2.16. The maximum atomic E-state index is 11.2. The second-order valence-electron chi connectivity index (χ2n) is 5.43. The van der Waals surface area contributed by atoms with Gasteiger partial charge in [-0.05, 0) is 48.5 Å². The molecule has 3 rings (SSSR count). The molecule has 0 amide bonds. The van der Waals surface area contributed by atoms with E-state index in [1.165, 1.54) is 28.9 Å². The van der Waals surface area contributed by atoms with Crippen LogP contribution in [0.3, 0.4) is 0 Å². The van der Waals surface area contributed by atoms with Gasteiger partial charge in [-0.2, -0.15) is 13.4 Å². The van der Waals surface area contributed by atoms with E-state index in [1.807, 2.05) is 12.1 Å². The Bertz CT molecular complexity index is 1040. The van der Waals surface area contributed by atoms with Crippen molar-refractivity contribution in [2.75, 3.05) is 13.7 Å². The van der Waals surface area contributed by atoms with Crippen LogP contribution in [0.15, 0.2) is 66.1 Å². The molecule has 0 bridgehead atoms. The van der Waals surface area contributed by atoms with E-state index >= 15 is 0 Å². The summed E-state index contributed by atoms with van der Waals surface area (Å²) < 4.78 is 43.7. The molecular weight excluding hydrogens is 370 g/mol. The topological polar surface area (TPSA) is 104 Å². The van der Waals surface area contributed by atoms with E-state index in [0.717, 1.165) is 5.56 Å². The highest BCUT2D eigenvalue weighted by atomic mass is 32.2. The highest BCUT2D eigenvalue weighted by molar-refractivity contribution is 7.85. The van der Waals surface area contributed by atoms with E-state index in [2.05, 4.69) is 16.7 Å². The molecule has 8 nitrogen and oxygen atoms in total. The van der Waals surface area contributed by atoms with Crippen molar-refractivity contribution in [3.63, 3.8) is 0 Å². The number of hydrogen-bond donors (Lipinski definition) is 1. The van der Waals surface area contributed by atoms with Crippen LogP contribution < -0.4 is 9.47 Å². The molecule has 0 saturated carbocycles. The third kappa shape index (κ3) is 4.15. The van der Waals surface area contributed by atoms with E-state index < -0.39 is 10.1 Å². The van der Waals surface area contributed by atoms with Gasteiger partial charge in [-0.1, -0.05) is 12.7 Å². The van der Waals surface area contributed by atoms with E-state index in [-0.39, 0.29) is 17.5 Å². The minimum atomic E-state index is -4.27. The fraction of sp³-hybridized carbons (Fsp3) is 0.111. The number of benzene rings is 2. The highest BCUT2D eigenvalue weighted by Crippen LogP contribution is 2.26. The van der Waals surface area contributed by atoms with Crippen LogP contribution in [0.2, 0.25) is 0 Å². The fourth-order valence-corrected chi connectivity index (χ4v) is 2.83. The summed E-state index contributed by atoms with van der Waals surface area (Å²) in [5, 5.41) is 4.32. The van der Waals surface area contributed by atoms with Crippen molar-refractivity contribution in [1.29, 1.82) is 0 Å². The van der Waals surface area contributed by atoms with Gasteiger partial charge in [0, 0.05) is 5.56 Å². The van der Waals surface area contributed by atoms with Gasteiger partial charge in [-0.3, -0.25) is 4.55 Å². The molecule has 3 aromatic rings. The second kappa shape index (κ2) is 7.60. The molecule has 1 aromatic heterocycles. The van der Waals surface area contributed by atoms with Gasteiger partial charge in [0.2, 0.25) is 0 Å². The summed E-state index contributed by atoms with van der Waals surface area (Å²) in [6, 6.07) is 13.0. The maximum Gasteiger partial charge on any atom is 0.336 e. The summed E-state index contributed by atoms with van der Waals surface area (Å²) in [5.41, 5.74) is 1.31. The molecule has 0 aliphatic carbocycles. The summed E-state index contributed by atoms with van der Waals surface area (Å²) in [6.45, 7) is 3.84. The zero-order chi connectivity index (χ0) is 19.4. The van der Waals surface area contributed by atoms with Crippen LogP contribution >= 0.6 is 0 Å². The van der Waals surface area contributed by atoms with Crippen molar-refractivity contribution in [2.24, 2.45) is 0 Å². The predicted molar refractivity (Wildman–Crippen MR) is 98.9 cm³/mol. The molecule has 0 aliphatic heterocycles. The van der Waals surface area contributed by atoms with Crippen molar-refractivity contribution >= 4 is 10.1 Å². The van der Waals surface area contributed by atoms with Gasteiger partial charge in [-0.25, -0.2) is 4.68 Å². The number of ether oxygens (including phenoxy) is 2. The minimum absolute atomic E-state index is 0.152. The summed E-state index contributed by atoms with van der Waals surface area (Å²) in [5.74, 6) is 1.20. The number of hydrogen-bond acceptors (Lipinski definition) is 6. The zero-order valence-electron chi connectivity index (χ0n) is 14.4. The lowest BCUT2D eigenvalue weighted by Gasteiger charge is -2.07. The fourth-order valence-electron chi connectivity index (χ4n) is 2.35. The van der Waals surface area contributed by atoms with Gasteiger partial charge in [0.1, 0.15) is 12.4 Å². The van der Waals surface area contributed by atoms with Gasteiger partial charge < -0.3 is 9.47 Å². The lowest BCUT2D eigenvalue weighted by Crippen LogP contribution is -2.02. The molecule has 0 radical (unpaired) electrons. The molecule has 0 atom stereocenters. The summed E-state index contributed by atoms with van der Waals surface area (Å²) in [7, 11) is -2.69. The Labute approximate surface area is 156 Å². The second-order valence-corrected chi connectivity index (χ2v) is 6.85. The Kier molecular flexibility index (Phi) is 5.24. The van der Waals surface area contributed by atoms with Crippen molar-refractivity contribution in [3.8, 4) is 28.8 Å². The standard InChI is InChI=1S/C18H17N3O5S/c1-3-12-26-18-19-17(13-4-8-15(25-2)9-5-13)21(20-18)14-6-10-16(11-7-14)27(22,23)24/h3-11H,1,12H2,2H3,(H,22,23,24). The molecule has 0 aliphatic rings. The van der Waals surface area contributed by atoms with Crippen LogP contribution in [0.5, 0.6) is 11.8 Å². The van der Waals surface area contributed by atoms with Gasteiger partial charge in [-0.15, -0.1) is 5.10 Å². The molecule has 1 heterocycles. The van der Waals surface area contributed by atoms with Gasteiger partial charge in [0.05, 0.1) is 17.7 Å². The molecular formula is C18H17N3O5S. The Hall–Kier alpha value is -3.17. The molecule has 1 N–H and O–H groups in total. The number of rotatable bonds is 7. The molecule has 0 spiro atoms. The third-order valence-corrected chi connectivity index (χ3v) is 4.51. The van der Waals surface area contributed by atoms with Gasteiger partial charge in [0.25, 0.3) is 10.1 Å². The van der Waals surface area contributed by atoms with Crippen molar-refractivity contribution in [1.82, 2.24) is 14.8 Å². The Morgan fingerprint density at radius 1 is 1.15 bits per heavy atom. The summed E-state index contributed by atoms with van der Waals surface area (Å²) in [4.78, 5) is 4.19. The lowest BCUT2D eigenvalue weighted by atomic mass is 10.2. The molecule has 9 heteroatoms. The van der Waals surface area contributed by atoms with E-state index in [9.17, 15) is 8.42 Å². The normalized spacial score (nSPS) is 11.2. The van der Waals surface area contributed by atoms with E-state index in [1.54, 1.807) is 25.3 Å². The average Bonchev–Trinajstić information content (AvgIpc) is 3.10. The lowest BCUT2D eigenvalue weighted by molar-refractivity contribution is 0.333. The van der Waals surface area contributed by atoms with Crippen LogP contribution in [0.4, 0.5) is 0 Å². The maximum absolute atomic E-state index is 11.2. The van der Waals surface area contributed by atoms with Crippen LogP contribution in [0.25, 0.3) is 17.1 Å². The molecule has 0 saturated heterocycles. The number of aromatic nitrogens is 3. The molecule has 140 valence electrons. The zero-order valence-corrected chi connectivity index (χ0v) is 15.3. The van der Waals surface area contributed by atoms with E-state index in [4.69, 9.17) is 14.0 Å². The Morgan fingerprint density at radius 2 is 1.81 bits per heavy atom. The van der Waals surface area contributed by atoms with E-state index in [0.29, 0.717) is 17.3 Å². The molecule has 27 heavy (non-hydrogen) atoms. The molecule has 0 unspecified atom stereocenters. The third-order valence-electron chi connectivity index (χ3n) is 3.65. The van der Waals surface area contributed by atoms with Crippen molar-refractivity contribution in [3.05, 3.63) is 61.2 Å². The first-order valence-electron chi connectivity index (χ1n) is 7.85. The monoisotopic (exact) mass is 387 g/mol. The molecule has 0 fully saturated rings. The summed E-state index contributed by atoms with van der Waals surface area (Å²) >= 11 is 0. The molecule has 2 aromatic carbocycles. The van der Waals surface area contributed by atoms with Gasteiger partial charge in [0.15, 0.2) is 5.82 Å². The van der Waals surface area contributed by atoms with Crippen molar-refractivity contribution in [2.45, 2.75) is 4.90 Å². The predicted octanol–water partition coefficient (Wildman–Crippen LogP) is 2.75. The first kappa shape index (κ1) is 18.6. The smallest absolute Gasteiger partial charge is 0.336 e.